The molecule has 2 aromatic carbocycles. The first-order valence-corrected chi connectivity index (χ1v) is 9.33. The van der Waals surface area contributed by atoms with Gasteiger partial charge in [0.1, 0.15) is 17.2 Å². The highest BCUT2D eigenvalue weighted by molar-refractivity contribution is 8.00. The van der Waals surface area contributed by atoms with Gasteiger partial charge in [-0.3, -0.25) is 10.1 Å². The van der Waals surface area contributed by atoms with E-state index in [2.05, 4.69) is 5.32 Å². The van der Waals surface area contributed by atoms with Gasteiger partial charge in [-0.15, -0.1) is 0 Å². The molecule has 0 spiro atoms. The molecule has 0 heterocycles. The van der Waals surface area contributed by atoms with E-state index in [9.17, 15) is 31.5 Å². The van der Waals surface area contributed by atoms with E-state index in [1.807, 2.05) is 0 Å². The summed E-state index contributed by atoms with van der Waals surface area (Å²) in [5, 5.41) is -0.880. The van der Waals surface area contributed by atoms with Crippen LogP contribution in [0, 0.1) is 11.6 Å². The molecule has 0 saturated heterocycles. The first-order chi connectivity index (χ1) is 13.4. The number of rotatable bonds is 5. The predicted molar refractivity (Wildman–Crippen MR) is 101 cm³/mol. The van der Waals surface area contributed by atoms with E-state index in [0.29, 0.717) is 0 Å². The van der Waals surface area contributed by atoms with Crippen LogP contribution >= 0.6 is 46.6 Å². The lowest BCUT2D eigenvalue weighted by Crippen LogP contribution is -2.35. The molecule has 2 aromatic rings. The van der Waals surface area contributed by atoms with Crippen LogP contribution in [0.3, 0.4) is 0 Å². The Hall–Kier alpha value is -1.75. The number of carbonyl (C=O) groups excluding carboxylic acids is 2. The highest BCUT2D eigenvalue weighted by Gasteiger charge is 2.41. The molecule has 0 bridgehead atoms. The fourth-order valence-corrected chi connectivity index (χ4v) is 3.33. The fourth-order valence-electron chi connectivity index (χ4n) is 1.93. The van der Waals surface area contributed by atoms with Gasteiger partial charge in [0, 0.05) is 4.90 Å². The Labute approximate surface area is 179 Å². The van der Waals surface area contributed by atoms with E-state index in [4.69, 9.17) is 34.8 Å². The second-order valence-corrected chi connectivity index (χ2v) is 7.62. The molecule has 2 rings (SSSR count). The summed E-state index contributed by atoms with van der Waals surface area (Å²) in [7, 11) is 0. The van der Waals surface area contributed by atoms with Crippen LogP contribution < -0.4 is 10.6 Å². The van der Waals surface area contributed by atoms with Gasteiger partial charge in [0.05, 0.1) is 15.7 Å². The quantitative estimate of drug-likeness (QED) is 0.286. The van der Waals surface area contributed by atoms with Crippen molar-refractivity contribution < 1.29 is 31.5 Å². The molecule has 0 fully saturated rings. The third-order valence-electron chi connectivity index (χ3n) is 3.19. The Bertz CT molecular complexity index is 942. The van der Waals surface area contributed by atoms with E-state index < -0.39 is 40.0 Å². The van der Waals surface area contributed by atoms with Crippen molar-refractivity contribution in [3.63, 3.8) is 0 Å². The Kier molecular flexibility index (Phi) is 7.61. The minimum Gasteiger partial charge on any atom is -0.306 e. The molecule has 0 aliphatic rings. The normalized spacial score (nSPS) is 12.4. The topological polar surface area (TPSA) is 58.2 Å². The summed E-state index contributed by atoms with van der Waals surface area (Å²) >= 11 is 16.2. The molecular weight excluding hydrogens is 486 g/mol. The summed E-state index contributed by atoms with van der Waals surface area (Å²) in [6, 6.07) is 3.31. The Morgan fingerprint density at radius 2 is 1.66 bits per heavy atom. The van der Waals surface area contributed by atoms with Crippen LogP contribution in [-0.2, 0) is 0 Å². The maximum absolute atomic E-state index is 13.6. The average molecular weight is 494 g/mol. The molecule has 0 aliphatic heterocycles. The van der Waals surface area contributed by atoms with Gasteiger partial charge in [-0.05, 0) is 36.0 Å². The molecule has 0 saturated carbocycles. The summed E-state index contributed by atoms with van der Waals surface area (Å²) < 4.78 is 66.7. The maximum atomic E-state index is 13.6. The molecule has 13 heteroatoms. The van der Waals surface area contributed by atoms with Gasteiger partial charge in [-0.25, -0.2) is 18.0 Å². The lowest BCUT2D eigenvalue weighted by molar-refractivity contribution is 0.0537. The second kappa shape index (κ2) is 9.38. The highest BCUT2D eigenvalue weighted by atomic mass is 35.5. The lowest BCUT2D eigenvalue weighted by atomic mass is 10.2. The van der Waals surface area contributed by atoms with Crippen LogP contribution in [0.25, 0.3) is 0 Å². The molecule has 0 aliphatic carbocycles. The van der Waals surface area contributed by atoms with Crippen LogP contribution in [0.1, 0.15) is 10.4 Å². The summed E-state index contributed by atoms with van der Waals surface area (Å²) in [5.74, 6) is -3.75. The van der Waals surface area contributed by atoms with Crippen molar-refractivity contribution in [3.05, 3.63) is 57.6 Å². The minimum atomic E-state index is -4.00. The molecule has 1 atom stereocenters. The van der Waals surface area contributed by atoms with E-state index in [1.54, 1.807) is 5.32 Å². The van der Waals surface area contributed by atoms with Gasteiger partial charge in [0.15, 0.2) is 0 Å². The number of urea groups is 1. The standard InChI is InChI=1S/C16H8Cl3F5N2O2S/c17-6-5-11(29-16(23,24)14(19)22)7(18)4-10(6)25-15(28)26-13(27)12-8(20)2-1-3-9(12)21/h1-5,14H,(H2,25,26,27,28). The third-order valence-corrected chi connectivity index (χ3v) is 5.36. The molecular formula is C16H8Cl3F5N2O2S. The fraction of sp³-hybridized carbons (Fsp3) is 0.125. The number of halogens is 8. The van der Waals surface area contributed by atoms with Crippen molar-refractivity contribution in [3.8, 4) is 0 Å². The van der Waals surface area contributed by atoms with Gasteiger partial charge in [-0.1, -0.05) is 40.9 Å². The zero-order chi connectivity index (χ0) is 21.9. The van der Waals surface area contributed by atoms with E-state index in [0.717, 1.165) is 30.3 Å². The van der Waals surface area contributed by atoms with Crippen LogP contribution in [0.5, 0.6) is 0 Å². The van der Waals surface area contributed by atoms with Gasteiger partial charge < -0.3 is 5.32 Å². The molecule has 156 valence electrons. The largest absolute Gasteiger partial charge is 0.342 e. The number of hydrogen-bond donors (Lipinski definition) is 2. The molecule has 29 heavy (non-hydrogen) atoms. The first-order valence-electron chi connectivity index (χ1n) is 7.32. The average Bonchev–Trinajstić information content (AvgIpc) is 2.58. The number of carbonyl (C=O) groups is 2. The number of thioether (sulfide) groups is 1. The lowest BCUT2D eigenvalue weighted by Gasteiger charge is -2.17. The van der Waals surface area contributed by atoms with Crippen LogP contribution in [0.2, 0.25) is 10.0 Å². The smallest absolute Gasteiger partial charge is 0.306 e. The summed E-state index contributed by atoms with van der Waals surface area (Å²) in [6.07, 6.45) is 0. The van der Waals surface area contributed by atoms with Crippen molar-refractivity contribution in [2.24, 2.45) is 0 Å². The number of imide groups is 1. The zero-order valence-electron chi connectivity index (χ0n) is 13.7. The van der Waals surface area contributed by atoms with Crippen LogP contribution in [0.15, 0.2) is 35.2 Å². The van der Waals surface area contributed by atoms with Gasteiger partial charge >= 0.3 is 11.3 Å². The minimum absolute atomic E-state index is 0.216. The zero-order valence-corrected chi connectivity index (χ0v) is 16.8. The van der Waals surface area contributed by atoms with Crippen molar-refractivity contribution in [2.75, 3.05) is 5.32 Å². The van der Waals surface area contributed by atoms with Gasteiger partial charge in [-0.2, -0.15) is 8.78 Å². The third kappa shape index (κ3) is 5.88. The van der Waals surface area contributed by atoms with E-state index in [-0.39, 0.29) is 32.4 Å². The number of amides is 3. The van der Waals surface area contributed by atoms with Gasteiger partial charge in [0.2, 0.25) is 5.63 Å². The molecule has 4 nitrogen and oxygen atoms in total. The molecule has 2 N–H and O–H groups in total. The number of benzene rings is 2. The number of alkyl halides is 4. The molecule has 0 aromatic heterocycles. The Morgan fingerprint density at radius 3 is 2.21 bits per heavy atom. The second-order valence-electron chi connectivity index (χ2n) is 5.23. The van der Waals surface area contributed by atoms with Gasteiger partial charge in [0.25, 0.3) is 5.91 Å². The van der Waals surface area contributed by atoms with Crippen LogP contribution in [-0.4, -0.2) is 22.8 Å². The Balaban J connectivity index is 2.15. The molecule has 3 amide bonds. The summed E-state index contributed by atoms with van der Waals surface area (Å²) in [5.41, 5.74) is -4.19. The van der Waals surface area contributed by atoms with E-state index >= 15 is 0 Å². The monoisotopic (exact) mass is 492 g/mol. The first kappa shape index (κ1) is 23.5. The van der Waals surface area contributed by atoms with Crippen molar-refractivity contribution in [1.29, 1.82) is 0 Å². The summed E-state index contributed by atoms with van der Waals surface area (Å²) in [4.78, 5) is 23.4. The number of anilines is 1. The van der Waals surface area contributed by atoms with Crippen molar-refractivity contribution in [2.45, 2.75) is 15.8 Å². The number of nitrogens with one attached hydrogen (secondary N) is 2. The summed E-state index contributed by atoms with van der Waals surface area (Å²) in [6.45, 7) is 0. The molecule has 1 unspecified atom stereocenters. The molecule has 0 radical (unpaired) electrons. The van der Waals surface area contributed by atoms with Crippen molar-refractivity contribution in [1.82, 2.24) is 5.32 Å². The predicted octanol–water partition coefficient (Wildman–Crippen LogP) is 6.45. The maximum Gasteiger partial charge on any atom is 0.342 e. The van der Waals surface area contributed by atoms with Crippen molar-refractivity contribution >= 4 is 64.2 Å². The van der Waals surface area contributed by atoms with Crippen LogP contribution in [0.4, 0.5) is 32.4 Å². The Morgan fingerprint density at radius 1 is 1.07 bits per heavy atom. The van der Waals surface area contributed by atoms with E-state index in [1.165, 1.54) is 0 Å². The highest BCUT2D eigenvalue weighted by Crippen LogP contribution is 2.45. The number of hydrogen-bond acceptors (Lipinski definition) is 3. The SMILES string of the molecule is O=C(NC(=O)c1c(F)cccc1F)Nc1cc(Cl)c(SC(F)(F)C(F)Cl)cc1Cl.